The van der Waals surface area contributed by atoms with Gasteiger partial charge in [0, 0.05) is 31.6 Å². The highest BCUT2D eigenvalue weighted by molar-refractivity contribution is 5.35. The minimum Gasteiger partial charge on any atom is -0.335 e. The summed E-state index contributed by atoms with van der Waals surface area (Å²) >= 11 is 0. The number of rotatable bonds is 2. The van der Waals surface area contributed by atoms with Crippen molar-refractivity contribution in [1.82, 2.24) is 19.9 Å². The summed E-state index contributed by atoms with van der Waals surface area (Å²) in [6.07, 6.45) is 7.33. The van der Waals surface area contributed by atoms with Gasteiger partial charge in [-0.25, -0.2) is 19.9 Å². The minimum atomic E-state index is 0.773. The summed E-state index contributed by atoms with van der Waals surface area (Å²) in [6.45, 7) is 3.77. The van der Waals surface area contributed by atoms with Gasteiger partial charge < -0.3 is 4.90 Å². The molecular formula is C13H15N5. The van der Waals surface area contributed by atoms with Crippen molar-refractivity contribution in [2.45, 2.75) is 26.3 Å². The average Bonchev–Trinajstić information content (AvgIpc) is 2.47. The third-order valence-electron chi connectivity index (χ3n) is 3.15. The number of nitrogens with zero attached hydrogens (tertiary/aromatic N) is 5. The van der Waals surface area contributed by atoms with Gasteiger partial charge in [0.05, 0.1) is 12.2 Å². The van der Waals surface area contributed by atoms with E-state index in [0.29, 0.717) is 0 Å². The molecule has 0 fully saturated rings. The summed E-state index contributed by atoms with van der Waals surface area (Å²) in [6, 6.07) is 1.83. The number of hydrogen-bond acceptors (Lipinski definition) is 5. The molecule has 5 heteroatoms. The monoisotopic (exact) mass is 241 g/mol. The molecule has 1 aliphatic rings. The zero-order valence-electron chi connectivity index (χ0n) is 10.4. The standard InChI is InChI=1S/C13H15N5/c1-2-12-16-8-10-4-7-18(9-11(10)17-12)13-14-5-3-6-15-13/h3,5-6,8H,2,4,7,9H2,1H3. The maximum atomic E-state index is 4.60. The molecule has 0 amide bonds. The second-order valence-corrected chi connectivity index (χ2v) is 4.33. The summed E-state index contributed by atoms with van der Waals surface area (Å²) in [7, 11) is 0. The molecule has 0 unspecified atom stereocenters. The lowest BCUT2D eigenvalue weighted by molar-refractivity contribution is 0.675. The summed E-state index contributed by atoms with van der Waals surface area (Å²) in [4.78, 5) is 19.7. The van der Waals surface area contributed by atoms with Crippen LogP contribution >= 0.6 is 0 Å². The first-order valence-electron chi connectivity index (χ1n) is 6.22. The normalized spacial score (nSPS) is 14.4. The molecule has 18 heavy (non-hydrogen) atoms. The maximum absolute atomic E-state index is 4.60. The maximum Gasteiger partial charge on any atom is 0.225 e. The van der Waals surface area contributed by atoms with E-state index in [-0.39, 0.29) is 0 Å². The van der Waals surface area contributed by atoms with Crippen molar-refractivity contribution >= 4 is 5.95 Å². The Kier molecular flexibility index (Phi) is 2.88. The van der Waals surface area contributed by atoms with Crippen molar-refractivity contribution in [2.75, 3.05) is 11.4 Å². The average molecular weight is 241 g/mol. The van der Waals surface area contributed by atoms with E-state index in [4.69, 9.17) is 0 Å². The Morgan fingerprint density at radius 2 is 2.06 bits per heavy atom. The van der Waals surface area contributed by atoms with Crippen LogP contribution in [0.4, 0.5) is 5.95 Å². The quantitative estimate of drug-likeness (QED) is 0.795. The molecule has 2 aromatic heterocycles. The van der Waals surface area contributed by atoms with Gasteiger partial charge in [-0.05, 0) is 18.1 Å². The molecule has 0 bridgehead atoms. The van der Waals surface area contributed by atoms with Crippen molar-refractivity contribution in [3.63, 3.8) is 0 Å². The first kappa shape index (κ1) is 11.1. The van der Waals surface area contributed by atoms with Gasteiger partial charge >= 0.3 is 0 Å². The van der Waals surface area contributed by atoms with Crippen LogP contribution < -0.4 is 4.90 Å². The third kappa shape index (κ3) is 2.03. The molecule has 0 spiro atoms. The van der Waals surface area contributed by atoms with Crippen LogP contribution in [0.1, 0.15) is 24.0 Å². The predicted molar refractivity (Wildman–Crippen MR) is 68.2 cm³/mol. The molecule has 0 radical (unpaired) electrons. The van der Waals surface area contributed by atoms with E-state index in [1.165, 1.54) is 5.56 Å². The van der Waals surface area contributed by atoms with Crippen molar-refractivity contribution in [2.24, 2.45) is 0 Å². The fourth-order valence-corrected chi connectivity index (χ4v) is 2.14. The predicted octanol–water partition coefficient (Wildman–Crippen LogP) is 1.39. The lowest BCUT2D eigenvalue weighted by atomic mass is 10.1. The van der Waals surface area contributed by atoms with Crippen LogP contribution in [0.2, 0.25) is 0 Å². The van der Waals surface area contributed by atoms with Gasteiger partial charge in [0.15, 0.2) is 0 Å². The van der Waals surface area contributed by atoms with Crippen LogP contribution in [-0.2, 0) is 19.4 Å². The van der Waals surface area contributed by atoms with Gasteiger partial charge in [0.1, 0.15) is 5.82 Å². The van der Waals surface area contributed by atoms with E-state index in [9.17, 15) is 0 Å². The van der Waals surface area contributed by atoms with E-state index in [1.54, 1.807) is 12.4 Å². The van der Waals surface area contributed by atoms with Gasteiger partial charge in [0.2, 0.25) is 5.95 Å². The largest absolute Gasteiger partial charge is 0.335 e. The molecule has 1 aliphatic heterocycles. The Hall–Kier alpha value is -2.04. The lowest BCUT2D eigenvalue weighted by Gasteiger charge is -2.27. The third-order valence-corrected chi connectivity index (χ3v) is 3.15. The topological polar surface area (TPSA) is 54.8 Å². The fourth-order valence-electron chi connectivity index (χ4n) is 2.14. The van der Waals surface area contributed by atoms with Crippen LogP contribution in [0, 0.1) is 0 Å². The summed E-state index contributed by atoms with van der Waals surface area (Å²) in [5.41, 5.74) is 2.36. The highest BCUT2D eigenvalue weighted by atomic mass is 15.3. The Morgan fingerprint density at radius 1 is 1.22 bits per heavy atom. The number of aryl methyl sites for hydroxylation is 1. The number of hydrogen-bond donors (Lipinski definition) is 0. The molecule has 0 saturated heterocycles. The molecular weight excluding hydrogens is 226 g/mol. The Morgan fingerprint density at radius 3 is 2.83 bits per heavy atom. The fraction of sp³-hybridized carbons (Fsp3) is 0.385. The van der Waals surface area contributed by atoms with E-state index in [1.807, 2.05) is 12.3 Å². The zero-order chi connectivity index (χ0) is 12.4. The number of aromatic nitrogens is 4. The molecule has 0 N–H and O–H groups in total. The van der Waals surface area contributed by atoms with Crippen LogP contribution in [0.25, 0.3) is 0 Å². The lowest BCUT2D eigenvalue weighted by Crippen LogP contribution is -2.32. The first-order valence-corrected chi connectivity index (χ1v) is 6.22. The molecule has 92 valence electrons. The molecule has 0 atom stereocenters. The summed E-state index contributed by atoms with van der Waals surface area (Å²) < 4.78 is 0. The second kappa shape index (κ2) is 4.68. The van der Waals surface area contributed by atoms with Gasteiger partial charge in [-0.2, -0.15) is 0 Å². The number of anilines is 1. The molecule has 3 rings (SSSR count). The molecule has 0 saturated carbocycles. The highest BCUT2D eigenvalue weighted by Gasteiger charge is 2.19. The summed E-state index contributed by atoms with van der Waals surface area (Å²) in [5, 5.41) is 0. The Labute approximate surface area is 106 Å². The number of fused-ring (bicyclic) bond motifs is 1. The van der Waals surface area contributed by atoms with Crippen LogP contribution in [0.3, 0.4) is 0 Å². The van der Waals surface area contributed by atoms with Crippen LogP contribution in [0.5, 0.6) is 0 Å². The van der Waals surface area contributed by atoms with Crippen molar-refractivity contribution in [3.8, 4) is 0 Å². The van der Waals surface area contributed by atoms with E-state index >= 15 is 0 Å². The first-order chi connectivity index (χ1) is 8.86. The van der Waals surface area contributed by atoms with Crippen molar-refractivity contribution in [1.29, 1.82) is 0 Å². The minimum absolute atomic E-state index is 0.773. The molecule has 5 nitrogen and oxygen atoms in total. The smallest absolute Gasteiger partial charge is 0.225 e. The van der Waals surface area contributed by atoms with Gasteiger partial charge in [-0.15, -0.1) is 0 Å². The van der Waals surface area contributed by atoms with E-state index < -0.39 is 0 Å². The van der Waals surface area contributed by atoms with Crippen LogP contribution in [0.15, 0.2) is 24.7 Å². The van der Waals surface area contributed by atoms with E-state index in [0.717, 1.165) is 43.4 Å². The molecule has 2 aromatic rings. The van der Waals surface area contributed by atoms with Gasteiger partial charge in [-0.1, -0.05) is 6.92 Å². The molecule has 3 heterocycles. The second-order valence-electron chi connectivity index (χ2n) is 4.33. The Bertz CT molecular complexity index is 540. The summed E-state index contributed by atoms with van der Waals surface area (Å²) in [5.74, 6) is 1.68. The van der Waals surface area contributed by atoms with Crippen LogP contribution in [-0.4, -0.2) is 26.5 Å². The SMILES string of the molecule is CCc1ncc2c(n1)CN(c1ncccn1)CC2. The highest BCUT2D eigenvalue weighted by Crippen LogP contribution is 2.19. The van der Waals surface area contributed by atoms with E-state index in [2.05, 4.69) is 31.8 Å². The van der Waals surface area contributed by atoms with Gasteiger partial charge in [-0.3, -0.25) is 0 Å². The zero-order valence-corrected chi connectivity index (χ0v) is 10.4. The van der Waals surface area contributed by atoms with Gasteiger partial charge in [0.25, 0.3) is 0 Å². The van der Waals surface area contributed by atoms with Crippen molar-refractivity contribution in [3.05, 3.63) is 41.7 Å². The Balaban J connectivity index is 1.88. The molecule has 0 aliphatic carbocycles. The van der Waals surface area contributed by atoms with Crippen molar-refractivity contribution < 1.29 is 0 Å². The molecule has 0 aromatic carbocycles.